The second kappa shape index (κ2) is 18.1. The Kier molecular flexibility index (Phi) is 13.2. The number of carbonyl (C=O) groups is 1. The van der Waals surface area contributed by atoms with Gasteiger partial charge in [0.15, 0.2) is 0 Å². The van der Waals surface area contributed by atoms with Crippen molar-refractivity contribution in [2.24, 2.45) is 91.7 Å². The van der Waals surface area contributed by atoms with Gasteiger partial charge in [-0.25, -0.2) is 0 Å². The highest BCUT2D eigenvalue weighted by molar-refractivity contribution is 5.79. The lowest BCUT2D eigenvalue weighted by Gasteiger charge is -2.57. The molecule has 6 nitrogen and oxygen atoms in total. The number of hydrogen-bond donors (Lipinski definition) is 4. The number of aliphatic hydroxyl groups is 4. The number of hydrogen-bond acceptors (Lipinski definition) is 6. The van der Waals surface area contributed by atoms with Crippen molar-refractivity contribution >= 4 is 5.78 Å². The van der Waals surface area contributed by atoms with Gasteiger partial charge >= 0.3 is 0 Å². The second-order valence-corrected chi connectivity index (χ2v) is 27.8. The SMILES string of the molecule is C/C(O)=C1/CCC2C3CC=C4C[C@@H](O)CC[C@]4(C)C3CC[C@]12C.C/C([O-])=C1/CCC2C3CC=C4C[C@@H](O)CC[C@]4(C)C3CC[C@]12C.CC(=O)[C@H]1CCC2C3CC=C4C[C@@H](O)CC[C@]4(C)C3CC[C@@]21C. The maximum absolute atomic E-state index is 12.2. The van der Waals surface area contributed by atoms with E-state index in [0.29, 0.717) is 45.4 Å². The maximum Gasteiger partial charge on any atom is 0.133 e. The van der Waals surface area contributed by atoms with Crippen LogP contribution in [0.1, 0.15) is 216 Å². The van der Waals surface area contributed by atoms with Crippen LogP contribution in [-0.4, -0.2) is 44.5 Å². The van der Waals surface area contributed by atoms with Gasteiger partial charge in [0.2, 0.25) is 0 Å². The summed E-state index contributed by atoms with van der Waals surface area (Å²) in [5.41, 5.74) is 8.82. The molecule has 0 radical (unpaired) electrons. The number of allylic oxidation sites excluding steroid dienone is 7. The van der Waals surface area contributed by atoms with E-state index in [1.165, 1.54) is 93.8 Å². The molecular weight excluding hydrogens is 853 g/mol. The highest BCUT2D eigenvalue weighted by Gasteiger charge is 2.61. The summed E-state index contributed by atoms with van der Waals surface area (Å²) in [5, 5.41) is 52.5. The van der Waals surface area contributed by atoms with Crippen LogP contribution in [0.15, 0.2) is 57.6 Å². The standard InChI is InChI=1S/3C21H32O2/c3*1-13(22)17-6-7-18-16-5-4-14-12-15(23)8-10-20(14,2)19(16)9-11-21(17,18)3/h2*4,15-16,18-19,22-23H,5-12H2,1-3H3;4,15-19,23H,5-12H2,1-3H3/p-1/b2*17-13+;/t2*15-,16?,18?,19?,20-,21+;15-,16?,17+,18?,19?,20-,21+/m000/s1. The normalized spacial score (nSPS) is 51.7. The number of aliphatic hydroxyl groups excluding tert-OH is 4. The van der Waals surface area contributed by atoms with Crippen LogP contribution in [0.3, 0.4) is 0 Å². The van der Waals surface area contributed by atoms with Crippen molar-refractivity contribution in [3.63, 3.8) is 0 Å². The molecule has 384 valence electrons. The molecule has 9 unspecified atom stereocenters. The highest BCUT2D eigenvalue weighted by Crippen LogP contribution is 2.69. The lowest BCUT2D eigenvalue weighted by atomic mass is 9.47. The Morgan fingerprint density at radius 1 is 0.478 bits per heavy atom. The van der Waals surface area contributed by atoms with E-state index in [9.17, 15) is 30.3 Å². The smallest absolute Gasteiger partial charge is 0.133 e. The third-order valence-electron chi connectivity index (χ3n) is 25.2. The summed E-state index contributed by atoms with van der Waals surface area (Å²) in [5.74, 6) is 8.43. The van der Waals surface area contributed by atoms with Gasteiger partial charge in [-0.15, -0.1) is 5.76 Å². The number of carbonyl (C=O) groups excluding carboxylic acids is 1. The quantitative estimate of drug-likeness (QED) is 0.153. The fourth-order valence-corrected chi connectivity index (χ4v) is 21.4. The van der Waals surface area contributed by atoms with Gasteiger partial charge in [0, 0.05) is 5.92 Å². The van der Waals surface area contributed by atoms with Crippen molar-refractivity contribution < 1.29 is 30.3 Å². The van der Waals surface area contributed by atoms with Gasteiger partial charge in [0.1, 0.15) is 5.78 Å². The third-order valence-corrected chi connectivity index (χ3v) is 25.2. The summed E-state index contributed by atoms with van der Waals surface area (Å²) >= 11 is 0. The highest BCUT2D eigenvalue weighted by atomic mass is 16.3. The Hall–Kier alpha value is -2.15. The lowest BCUT2D eigenvalue weighted by Crippen LogP contribution is -2.50. The monoisotopic (exact) mass is 948 g/mol. The molecule has 9 fully saturated rings. The molecule has 0 aromatic heterocycles. The molecule has 0 saturated heterocycles. The van der Waals surface area contributed by atoms with Crippen LogP contribution in [0, 0.1) is 91.7 Å². The Bertz CT molecular complexity index is 2070. The molecule has 12 aliphatic carbocycles. The molecule has 12 rings (SSSR count). The summed E-state index contributed by atoms with van der Waals surface area (Å²) in [4.78, 5) is 12.2. The summed E-state index contributed by atoms with van der Waals surface area (Å²) in [7, 11) is 0. The molecule has 4 N–H and O–H groups in total. The summed E-state index contributed by atoms with van der Waals surface area (Å²) in [6.07, 6.45) is 34.2. The zero-order valence-corrected chi connectivity index (χ0v) is 44.8. The molecule has 0 aromatic rings. The summed E-state index contributed by atoms with van der Waals surface area (Å²) in [6, 6.07) is 0. The molecule has 69 heavy (non-hydrogen) atoms. The molecule has 19 atom stereocenters. The number of Topliss-reactive ketones (excluding diaryl/α,β-unsaturated/α-hetero) is 1. The van der Waals surface area contributed by atoms with E-state index in [1.54, 1.807) is 18.1 Å². The average molecular weight is 948 g/mol. The van der Waals surface area contributed by atoms with Gasteiger partial charge in [-0.05, 0) is 259 Å². The zero-order chi connectivity index (χ0) is 49.2. The Morgan fingerprint density at radius 2 is 0.841 bits per heavy atom. The van der Waals surface area contributed by atoms with Crippen LogP contribution in [-0.2, 0) is 4.79 Å². The maximum atomic E-state index is 12.2. The molecule has 0 bridgehead atoms. The van der Waals surface area contributed by atoms with Crippen LogP contribution in [0.25, 0.3) is 0 Å². The minimum Gasteiger partial charge on any atom is -0.876 e. The minimum atomic E-state index is -0.121. The molecule has 0 heterocycles. The summed E-state index contributed by atoms with van der Waals surface area (Å²) in [6.45, 7) is 20.1. The van der Waals surface area contributed by atoms with Crippen molar-refractivity contribution in [2.75, 3.05) is 0 Å². The van der Waals surface area contributed by atoms with Gasteiger partial charge in [-0.1, -0.05) is 89.0 Å². The molecular formula is C63H95O6-. The predicted octanol–water partition coefficient (Wildman–Crippen LogP) is 13.6. The molecule has 0 spiro atoms. The first-order valence-corrected chi connectivity index (χ1v) is 29.0. The molecule has 0 aliphatic heterocycles. The van der Waals surface area contributed by atoms with Crippen molar-refractivity contribution in [2.45, 2.75) is 235 Å². The average Bonchev–Trinajstić information content (AvgIpc) is 3.98. The molecule has 6 heteroatoms. The van der Waals surface area contributed by atoms with Crippen molar-refractivity contribution in [3.05, 3.63) is 57.6 Å². The van der Waals surface area contributed by atoms with Crippen LogP contribution in [0.4, 0.5) is 0 Å². The van der Waals surface area contributed by atoms with E-state index in [-0.39, 0.29) is 34.6 Å². The van der Waals surface area contributed by atoms with Crippen LogP contribution in [0.5, 0.6) is 0 Å². The minimum absolute atomic E-state index is 0.113. The van der Waals surface area contributed by atoms with Gasteiger partial charge in [-0.2, -0.15) is 0 Å². The van der Waals surface area contributed by atoms with Crippen LogP contribution < -0.4 is 5.11 Å². The van der Waals surface area contributed by atoms with Crippen molar-refractivity contribution in [1.29, 1.82) is 0 Å². The van der Waals surface area contributed by atoms with E-state index in [1.807, 2.05) is 13.8 Å². The van der Waals surface area contributed by atoms with E-state index in [2.05, 4.69) is 59.8 Å². The zero-order valence-electron chi connectivity index (χ0n) is 44.8. The third kappa shape index (κ3) is 7.94. The van der Waals surface area contributed by atoms with E-state index in [0.717, 1.165) is 124 Å². The number of rotatable bonds is 1. The lowest BCUT2D eigenvalue weighted by molar-refractivity contribution is -0.304. The van der Waals surface area contributed by atoms with Crippen LogP contribution >= 0.6 is 0 Å². The van der Waals surface area contributed by atoms with Gasteiger partial charge in [-0.3, -0.25) is 4.79 Å². The van der Waals surface area contributed by atoms with Crippen molar-refractivity contribution in [1.82, 2.24) is 0 Å². The fraction of sp³-hybridized carbons (Fsp3) is 0.825. The van der Waals surface area contributed by atoms with E-state index in [4.69, 9.17) is 0 Å². The van der Waals surface area contributed by atoms with E-state index >= 15 is 0 Å². The van der Waals surface area contributed by atoms with Gasteiger partial charge < -0.3 is 25.5 Å². The largest absolute Gasteiger partial charge is 0.876 e. The molecule has 0 amide bonds. The van der Waals surface area contributed by atoms with E-state index < -0.39 is 0 Å². The fourth-order valence-electron chi connectivity index (χ4n) is 21.4. The Balaban J connectivity index is 0.000000120. The first-order valence-electron chi connectivity index (χ1n) is 29.0. The second-order valence-electron chi connectivity index (χ2n) is 27.8. The van der Waals surface area contributed by atoms with Crippen LogP contribution in [0.2, 0.25) is 0 Å². The molecule has 9 saturated carbocycles. The Morgan fingerprint density at radius 3 is 1.25 bits per heavy atom. The first-order chi connectivity index (χ1) is 32.6. The molecule has 0 aromatic carbocycles. The Labute approximate surface area is 418 Å². The topological polar surface area (TPSA) is 121 Å². The van der Waals surface area contributed by atoms with Gasteiger partial charge in [0.25, 0.3) is 0 Å². The molecule has 12 aliphatic rings. The number of fused-ring (bicyclic) bond motifs is 15. The first kappa shape index (κ1) is 50.4. The van der Waals surface area contributed by atoms with Crippen molar-refractivity contribution in [3.8, 4) is 0 Å². The predicted molar refractivity (Wildman–Crippen MR) is 275 cm³/mol. The summed E-state index contributed by atoms with van der Waals surface area (Å²) < 4.78 is 0. The number of ketones is 1. The van der Waals surface area contributed by atoms with Gasteiger partial charge in [0.05, 0.1) is 24.1 Å².